The van der Waals surface area contributed by atoms with E-state index in [4.69, 9.17) is 4.74 Å². The molecule has 1 aliphatic heterocycles. The molecule has 3 heterocycles. The molecule has 0 N–H and O–H groups in total. The number of ether oxygens (including phenoxy) is 1. The van der Waals surface area contributed by atoms with E-state index in [1.807, 2.05) is 23.0 Å². The Bertz CT molecular complexity index is 638. The fourth-order valence-corrected chi connectivity index (χ4v) is 3.03. The number of fused-ring (bicyclic) bond motifs is 1. The molecule has 0 amide bonds. The molecule has 2 aromatic heterocycles. The molecule has 1 saturated carbocycles. The second-order valence-electron chi connectivity index (χ2n) is 6.55. The minimum atomic E-state index is 0.587. The molecule has 6 heteroatoms. The lowest BCUT2D eigenvalue weighted by atomic mass is 10.2. The molecule has 6 nitrogen and oxygen atoms in total. The van der Waals surface area contributed by atoms with E-state index in [9.17, 15) is 0 Å². The second kappa shape index (κ2) is 6.76. The van der Waals surface area contributed by atoms with Gasteiger partial charge in [-0.25, -0.2) is 4.68 Å². The number of aromatic nitrogens is 4. The summed E-state index contributed by atoms with van der Waals surface area (Å²) in [5.74, 6) is 0.782. The monoisotopic (exact) mass is 313 g/mol. The minimum Gasteiger partial charge on any atom is -0.375 e. The number of nitrogens with zero attached hydrogens (tertiary/aromatic N) is 5. The van der Waals surface area contributed by atoms with Gasteiger partial charge in [-0.3, -0.25) is 9.88 Å². The summed E-state index contributed by atoms with van der Waals surface area (Å²) < 4.78 is 7.87. The van der Waals surface area contributed by atoms with Gasteiger partial charge < -0.3 is 4.74 Å². The maximum absolute atomic E-state index is 5.82. The number of aryl methyl sites for hydroxylation is 1. The Labute approximate surface area is 136 Å². The number of rotatable bonds is 6. The van der Waals surface area contributed by atoms with Crippen LogP contribution in [-0.4, -0.2) is 38.0 Å². The molecule has 0 spiro atoms. The Hall–Kier alpha value is -1.79. The van der Waals surface area contributed by atoms with Crippen molar-refractivity contribution in [3.05, 3.63) is 41.5 Å². The summed E-state index contributed by atoms with van der Waals surface area (Å²) in [5.41, 5.74) is 3.31. The van der Waals surface area contributed by atoms with Gasteiger partial charge >= 0.3 is 0 Å². The summed E-state index contributed by atoms with van der Waals surface area (Å²) in [6, 6.07) is 6.09. The van der Waals surface area contributed by atoms with Crippen LogP contribution in [0.1, 0.15) is 36.3 Å². The summed E-state index contributed by atoms with van der Waals surface area (Å²) in [4.78, 5) is 6.87. The SMILES string of the molecule is c1ccc(CN2CCCn3nnc(COCC4CC4)c3C2)nc1. The highest BCUT2D eigenvalue weighted by atomic mass is 16.5. The van der Waals surface area contributed by atoms with Crippen molar-refractivity contribution in [2.75, 3.05) is 13.2 Å². The molecule has 0 unspecified atom stereocenters. The van der Waals surface area contributed by atoms with Crippen molar-refractivity contribution in [1.29, 1.82) is 0 Å². The highest BCUT2D eigenvalue weighted by Gasteiger charge is 2.23. The fraction of sp³-hybridized carbons (Fsp3) is 0.588. The van der Waals surface area contributed by atoms with Crippen LogP contribution in [0, 0.1) is 5.92 Å². The molecule has 2 aliphatic rings. The molecular weight excluding hydrogens is 290 g/mol. The maximum atomic E-state index is 5.82. The average molecular weight is 313 g/mol. The van der Waals surface area contributed by atoms with Crippen LogP contribution in [0.25, 0.3) is 0 Å². The molecule has 122 valence electrons. The first-order valence-corrected chi connectivity index (χ1v) is 8.50. The average Bonchev–Trinajstić information content (AvgIpc) is 3.35. The van der Waals surface area contributed by atoms with Crippen LogP contribution in [-0.2, 0) is 31.0 Å². The highest BCUT2D eigenvalue weighted by molar-refractivity contribution is 5.11. The van der Waals surface area contributed by atoms with E-state index in [-0.39, 0.29) is 0 Å². The lowest BCUT2D eigenvalue weighted by molar-refractivity contribution is 0.107. The number of hydrogen-bond donors (Lipinski definition) is 0. The van der Waals surface area contributed by atoms with E-state index in [1.165, 1.54) is 18.5 Å². The van der Waals surface area contributed by atoms with Crippen LogP contribution in [0.2, 0.25) is 0 Å². The van der Waals surface area contributed by atoms with Crippen molar-refractivity contribution in [3.8, 4) is 0 Å². The summed E-state index contributed by atoms with van der Waals surface area (Å²) in [6.07, 6.45) is 5.58. The molecule has 0 aromatic carbocycles. The molecular formula is C17H23N5O. The molecule has 0 radical (unpaired) electrons. The summed E-state index contributed by atoms with van der Waals surface area (Å²) in [7, 11) is 0. The Balaban J connectivity index is 1.42. The van der Waals surface area contributed by atoms with Gasteiger partial charge in [-0.2, -0.15) is 0 Å². The zero-order valence-electron chi connectivity index (χ0n) is 13.4. The van der Waals surface area contributed by atoms with Crippen molar-refractivity contribution < 1.29 is 4.74 Å². The van der Waals surface area contributed by atoms with Crippen LogP contribution >= 0.6 is 0 Å². The zero-order chi connectivity index (χ0) is 15.5. The van der Waals surface area contributed by atoms with Crippen LogP contribution < -0.4 is 0 Å². The first kappa shape index (κ1) is 14.8. The molecule has 23 heavy (non-hydrogen) atoms. The van der Waals surface area contributed by atoms with Crippen molar-refractivity contribution in [1.82, 2.24) is 24.9 Å². The topological polar surface area (TPSA) is 56.1 Å². The molecule has 4 rings (SSSR count). The van der Waals surface area contributed by atoms with Gasteiger partial charge in [-0.05, 0) is 37.3 Å². The lowest BCUT2D eigenvalue weighted by Crippen LogP contribution is -2.24. The third-order valence-electron chi connectivity index (χ3n) is 4.54. The van der Waals surface area contributed by atoms with Crippen molar-refractivity contribution >= 4 is 0 Å². The maximum Gasteiger partial charge on any atom is 0.113 e. The minimum absolute atomic E-state index is 0.587. The van der Waals surface area contributed by atoms with Crippen molar-refractivity contribution in [2.24, 2.45) is 5.92 Å². The second-order valence-corrected chi connectivity index (χ2v) is 6.55. The van der Waals surface area contributed by atoms with Crippen LogP contribution in [0.5, 0.6) is 0 Å². The molecule has 0 saturated heterocycles. The predicted octanol–water partition coefficient (Wildman–Crippen LogP) is 2.01. The van der Waals surface area contributed by atoms with Gasteiger partial charge in [-0.1, -0.05) is 11.3 Å². The Morgan fingerprint density at radius 3 is 3.00 bits per heavy atom. The molecule has 1 fully saturated rings. The Morgan fingerprint density at radius 2 is 2.17 bits per heavy atom. The van der Waals surface area contributed by atoms with E-state index >= 15 is 0 Å². The Morgan fingerprint density at radius 1 is 1.22 bits per heavy atom. The predicted molar refractivity (Wildman–Crippen MR) is 85.4 cm³/mol. The number of pyridine rings is 1. The van der Waals surface area contributed by atoms with E-state index in [0.29, 0.717) is 6.61 Å². The first-order chi connectivity index (χ1) is 11.4. The van der Waals surface area contributed by atoms with Crippen molar-refractivity contribution in [3.63, 3.8) is 0 Å². The van der Waals surface area contributed by atoms with Gasteiger partial charge in [0.25, 0.3) is 0 Å². The smallest absolute Gasteiger partial charge is 0.113 e. The standard InChI is InChI=1S/C17H23N5O/c1-2-7-18-15(4-1)10-21-8-3-9-22-17(11-21)16(19-20-22)13-23-12-14-5-6-14/h1-2,4,7,14H,3,5-6,8-13H2. The highest BCUT2D eigenvalue weighted by Crippen LogP contribution is 2.29. The van der Waals surface area contributed by atoms with E-state index < -0.39 is 0 Å². The summed E-state index contributed by atoms with van der Waals surface area (Å²) in [6.45, 7) is 5.18. The molecule has 1 aliphatic carbocycles. The van der Waals surface area contributed by atoms with Gasteiger partial charge in [0, 0.05) is 39.0 Å². The summed E-state index contributed by atoms with van der Waals surface area (Å²) in [5, 5.41) is 8.66. The van der Waals surface area contributed by atoms with Crippen LogP contribution in [0.15, 0.2) is 24.4 Å². The first-order valence-electron chi connectivity index (χ1n) is 8.50. The number of hydrogen-bond acceptors (Lipinski definition) is 5. The van der Waals surface area contributed by atoms with Gasteiger partial charge in [0.05, 0.1) is 18.0 Å². The summed E-state index contributed by atoms with van der Waals surface area (Å²) >= 11 is 0. The van der Waals surface area contributed by atoms with Gasteiger partial charge in [-0.15, -0.1) is 5.10 Å². The van der Waals surface area contributed by atoms with Gasteiger partial charge in [0.15, 0.2) is 0 Å². The van der Waals surface area contributed by atoms with Gasteiger partial charge in [0.2, 0.25) is 0 Å². The van der Waals surface area contributed by atoms with Crippen molar-refractivity contribution in [2.45, 2.75) is 45.5 Å². The quantitative estimate of drug-likeness (QED) is 0.816. The van der Waals surface area contributed by atoms with Crippen LogP contribution in [0.3, 0.4) is 0 Å². The zero-order valence-corrected chi connectivity index (χ0v) is 13.4. The Kier molecular flexibility index (Phi) is 4.35. The van der Waals surface area contributed by atoms with E-state index in [2.05, 4.69) is 26.3 Å². The molecule has 0 bridgehead atoms. The fourth-order valence-electron chi connectivity index (χ4n) is 3.03. The third-order valence-corrected chi connectivity index (χ3v) is 4.54. The normalized spacial score (nSPS) is 18.6. The van der Waals surface area contributed by atoms with Crippen LogP contribution in [0.4, 0.5) is 0 Å². The van der Waals surface area contributed by atoms with E-state index in [0.717, 1.165) is 56.5 Å². The lowest BCUT2D eigenvalue weighted by Gasteiger charge is -2.19. The third kappa shape index (κ3) is 3.76. The van der Waals surface area contributed by atoms with Gasteiger partial charge in [0.1, 0.15) is 5.69 Å². The molecule has 2 aromatic rings. The van der Waals surface area contributed by atoms with E-state index in [1.54, 1.807) is 0 Å². The molecule has 0 atom stereocenters. The largest absolute Gasteiger partial charge is 0.375 e.